The van der Waals surface area contributed by atoms with Crippen molar-refractivity contribution in [3.05, 3.63) is 24.0 Å². The van der Waals surface area contributed by atoms with Gasteiger partial charge in [0.05, 0.1) is 11.4 Å². The number of hydrogen-bond acceptors (Lipinski definition) is 2. The first-order valence-electron chi connectivity index (χ1n) is 6.01. The maximum atomic E-state index is 13.2. The third-order valence-electron chi connectivity index (χ3n) is 3.22. The van der Waals surface area contributed by atoms with Crippen molar-refractivity contribution in [2.75, 3.05) is 11.1 Å². The van der Waals surface area contributed by atoms with Crippen LogP contribution in [0.1, 0.15) is 32.6 Å². The Morgan fingerprint density at radius 1 is 1.50 bits per heavy atom. The number of nitrogen functional groups attached to an aromatic ring is 1. The molecule has 0 amide bonds. The second-order valence-corrected chi connectivity index (χ2v) is 4.63. The van der Waals surface area contributed by atoms with Gasteiger partial charge in [0.1, 0.15) is 5.82 Å². The van der Waals surface area contributed by atoms with E-state index in [1.54, 1.807) is 6.07 Å². The monoisotopic (exact) mass is 222 g/mol. The highest BCUT2D eigenvalue weighted by Crippen LogP contribution is 2.35. The number of benzene rings is 1. The van der Waals surface area contributed by atoms with Gasteiger partial charge in [0.25, 0.3) is 0 Å². The highest BCUT2D eigenvalue weighted by molar-refractivity contribution is 5.66. The quantitative estimate of drug-likeness (QED) is 0.749. The number of rotatable bonds is 5. The lowest BCUT2D eigenvalue weighted by molar-refractivity contribution is 0.586. The van der Waals surface area contributed by atoms with Gasteiger partial charge in [-0.3, -0.25) is 0 Å². The van der Waals surface area contributed by atoms with Gasteiger partial charge in [-0.05, 0) is 30.9 Å². The van der Waals surface area contributed by atoms with Crippen LogP contribution in [0.15, 0.2) is 18.2 Å². The van der Waals surface area contributed by atoms with E-state index >= 15 is 0 Å². The number of hydrogen-bond donors (Lipinski definition) is 2. The second-order valence-electron chi connectivity index (χ2n) is 4.63. The molecule has 1 atom stereocenters. The molecule has 1 aliphatic rings. The molecule has 3 N–H and O–H groups in total. The van der Waals surface area contributed by atoms with E-state index < -0.39 is 0 Å². The Morgan fingerprint density at radius 3 is 2.88 bits per heavy atom. The Labute approximate surface area is 96.0 Å². The molecule has 0 aliphatic heterocycles. The average molecular weight is 222 g/mol. The zero-order valence-electron chi connectivity index (χ0n) is 9.67. The standard InChI is InChI=1S/C13H19FN2/c1-2-10(8-9-6-7-9)16-12-5-3-4-11(14)13(12)15/h3-5,9-10,16H,2,6-8,15H2,1H3. The van der Waals surface area contributed by atoms with Gasteiger partial charge in [0.15, 0.2) is 0 Å². The summed E-state index contributed by atoms with van der Waals surface area (Å²) in [6.45, 7) is 2.15. The third kappa shape index (κ3) is 2.65. The van der Waals surface area contributed by atoms with Gasteiger partial charge in [0.2, 0.25) is 0 Å². The molecule has 1 aromatic rings. The lowest BCUT2D eigenvalue weighted by atomic mass is 10.1. The lowest BCUT2D eigenvalue weighted by Gasteiger charge is -2.19. The lowest BCUT2D eigenvalue weighted by Crippen LogP contribution is -2.20. The molecular weight excluding hydrogens is 203 g/mol. The molecule has 88 valence electrons. The van der Waals surface area contributed by atoms with Gasteiger partial charge in [-0.15, -0.1) is 0 Å². The van der Waals surface area contributed by atoms with Crippen LogP contribution in [0, 0.1) is 11.7 Å². The summed E-state index contributed by atoms with van der Waals surface area (Å²) in [5, 5.41) is 3.34. The van der Waals surface area contributed by atoms with Crippen LogP contribution < -0.4 is 11.1 Å². The normalized spacial score (nSPS) is 17.1. The van der Waals surface area contributed by atoms with Crippen molar-refractivity contribution < 1.29 is 4.39 Å². The van der Waals surface area contributed by atoms with E-state index in [0.717, 1.165) is 18.0 Å². The van der Waals surface area contributed by atoms with Gasteiger partial charge in [-0.25, -0.2) is 4.39 Å². The molecule has 1 aliphatic carbocycles. The van der Waals surface area contributed by atoms with Crippen LogP contribution in [-0.2, 0) is 0 Å². The van der Waals surface area contributed by atoms with Crippen molar-refractivity contribution in [1.29, 1.82) is 0 Å². The fourth-order valence-corrected chi connectivity index (χ4v) is 1.97. The molecule has 2 rings (SSSR count). The second kappa shape index (κ2) is 4.73. The van der Waals surface area contributed by atoms with E-state index in [9.17, 15) is 4.39 Å². The summed E-state index contributed by atoms with van der Waals surface area (Å²) in [7, 11) is 0. The van der Waals surface area contributed by atoms with E-state index in [4.69, 9.17) is 5.73 Å². The summed E-state index contributed by atoms with van der Waals surface area (Å²) in [4.78, 5) is 0. The molecule has 0 spiro atoms. The molecule has 0 radical (unpaired) electrons. The maximum Gasteiger partial charge on any atom is 0.148 e. The molecule has 2 nitrogen and oxygen atoms in total. The van der Waals surface area contributed by atoms with Crippen molar-refractivity contribution >= 4 is 11.4 Å². The van der Waals surface area contributed by atoms with Crippen molar-refractivity contribution in [3.63, 3.8) is 0 Å². The molecule has 0 saturated heterocycles. The van der Waals surface area contributed by atoms with Crippen LogP contribution in [0.25, 0.3) is 0 Å². The Morgan fingerprint density at radius 2 is 2.25 bits per heavy atom. The Balaban J connectivity index is 2.02. The van der Waals surface area contributed by atoms with Crippen molar-refractivity contribution in [3.8, 4) is 0 Å². The summed E-state index contributed by atoms with van der Waals surface area (Å²) < 4.78 is 13.2. The van der Waals surface area contributed by atoms with Gasteiger partial charge >= 0.3 is 0 Å². The summed E-state index contributed by atoms with van der Waals surface area (Å²) in [5.74, 6) is 0.526. The predicted molar refractivity (Wildman–Crippen MR) is 65.9 cm³/mol. The number of para-hydroxylation sites is 1. The summed E-state index contributed by atoms with van der Waals surface area (Å²) >= 11 is 0. The molecular formula is C13H19FN2. The molecule has 0 bridgehead atoms. The Hall–Kier alpha value is -1.25. The summed E-state index contributed by atoms with van der Waals surface area (Å²) in [6.07, 6.45) is 4.91. The first-order chi connectivity index (χ1) is 7.70. The summed E-state index contributed by atoms with van der Waals surface area (Å²) in [6, 6.07) is 5.34. The van der Waals surface area contributed by atoms with E-state index in [1.807, 2.05) is 6.07 Å². The van der Waals surface area contributed by atoms with Crippen molar-refractivity contribution in [2.45, 2.75) is 38.6 Å². The zero-order valence-corrected chi connectivity index (χ0v) is 9.67. The van der Waals surface area contributed by atoms with E-state index in [2.05, 4.69) is 12.2 Å². The highest BCUT2D eigenvalue weighted by Gasteiger charge is 2.24. The molecule has 0 heterocycles. The minimum absolute atomic E-state index is 0.233. The average Bonchev–Trinajstić information content (AvgIpc) is 3.07. The third-order valence-corrected chi connectivity index (χ3v) is 3.22. The van der Waals surface area contributed by atoms with Gasteiger partial charge in [-0.2, -0.15) is 0 Å². The van der Waals surface area contributed by atoms with E-state index in [-0.39, 0.29) is 11.5 Å². The topological polar surface area (TPSA) is 38.0 Å². The minimum Gasteiger partial charge on any atom is -0.395 e. The minimum atomic E-state index is -0.341. The zero-order chi connectivity index (χ0) is 11.5. The first kappa shape index (κ1) is 11.2. The molecule has 0 aromatic heterocycles. The van der Waals surface area contributed by atoms with Crippen LogP contribution in [0.2, 0.25) is 0 Å². The SMILES string of the molecule is CCC(CC1CC1)Nc1cccc(F)c1N. The van der Waals surface area contributed by atoms with Crippen LogP contribution in [0.3, 0.4) is 0 Å². The van der Waals surface area contributed by atoms with Crippen LogP contribution >= 0.6 is 0 Å². The molecule has 1 unspecified atom stereocenters. The molecule has 1 saturated carbocycles. The molecule has 3 heteroatoms. The van der Waals surface area contributed by atoms with Crippen LogP contribution in [0.4, 0.5) is 15.8 Å². The van der Waals surface area contributed by atoms with Crippen LogP contribution in [-0.4, -0.2) is 6.04 Å². The number of nitrogens with one attached hydrogen (secondary N) is 1. The predicted octanol–water partition coefficient (Wildman–Crippen LogP) is 3.40. The van der Waals surface area contributed by atoms with Gasteiger partial charge in [-0.1, -0.05) is 25.8 Å². The Bertz CT molecular complexity index is 361. The summed E-state index contributed by atoms with van der Waals surface area (Å²) in [5.41, 5.74) is 6.66. The van der Waals surface area contributed by atoms with Crippen LogP contribution in [0.5, 0.6) is 0 Å². The van der Waals surface area contributed by atoms with E-state index in [1.165, 1.54) is 25.3 Å². The smallest absolute Gasteiger partial charge is 0.148 e. The molecule has 1 fully saturated rings. The number of anilines is 2. The van der Waals surface area contributed by atoms with Gasteiger partial charge in [0, 0.05) is 6.04 Å². The number of nitrogens with two attached hydrogens (primary N) is 1. The van der Waals surface area contributed by atoms with Crippen molar-refractivity contribution in [1.82, 2.24) is 0 Å². The first-order valence-corrected chi connectivity index (χ1v) is 6.01. The fourth-order valence-electron chi connectivity index (χ4n) is 1.97. The number of halogens is 1. The van der Waals surface area contributed by atoms with Gasteiger partial charge < -0.3 is 11.1 Å². The van der Waals surface area contributed by atoms with E-state index in [0.29, 0.717) is 6.04 Å². The molecule has 1 aromatic carbocycles. The Kier molecular flexibility index (Phi) is 3.32. The van der Waals surface area contributed by atoms with Crippen molar-refractivity contribution in [2.24, 2.45) is 5.92 Å². The highest BCUT2D eigenvalue weighted by atomic mass is 19.1. The largest absolute Gasteiger partial charge is 0.395 e. The maximum absolute atomic E-state index is 13.2. The molecule has 16 heavy (non-hydrogen) atoms. The fraction of sp³-hybridized carbons (Fsp3) is 0.538.